The fourth-order valence-electron chi connectivity index (χ4n) is 2.94. The lowest BCUT2D eigenvalue weighted by molar-refractivity contribution is 0.0907. The van der Waals surface area contributed by atoms with Crippen molar-refractivity contribution >= 4 is 5.69 Å². The van der Waals surface area contributed by atoms with E-state index in [1.807, 2.05) is 32.0 Å². The van der Waals surface area contributed by atoms with Gasteiger partial charge in [-0.3, -0.25) is 0 Å². The molecule has 20 heavy (non-hydrogen) atoms. The van der Waals surface area contributed by atoms with Crippen molar-refractivity contribution in [3.63, 3.8) is 0 Å². The summed E-state index contributed by atoms with van der Waals surface area (Å²) in [5.74, 6) is 2.15. The molecular formula is C17H27NO2. The molecule has 2 unspecified atom stereocenters. The fraction of sp³-hybridized carbons (Fsp3) is 0.647. The first-order chi connectivity index (χ1) is 9.61. The normalized spacial score (nSPS) is 22.8. The van der Waals surface area contributed by atoms with Crippen LogP contribution in [0, 0.1) is 5.92 Å². The average Bonchev–Trinajstić information content (AvgIpc) is 2.43. The molecule has 1 saturated carbocycles. The second-order valence-electron chi connectivity index (χ2n) is 5.94. The number of nitrogens with two attached hydrogens (primary N) is 1. The maximum Gasteiger partial charge on any atom is 0.146 e. The van der Waals surface area contributed by atoms with Gasteiger partial charge in [-0.15, -0.1) is 0 Å². The molecule has 0 aliphatic heterocycles. The van der Waals surface area contributed by atoms with Crippen LogP contribution in [0.5, 0.6) is 11.5 Å². The first kappa shape index (κ1) is 15.0. The predicted octanol–water partition coefficient (Wildman–Crippen LogP) is 4.40. The van der Waals surface area contributed by atoms with Crippen molar-refractivity contribution < 1.29 is 9.47 Å². The van der Waals surface area contributed by atoms with Crippen LogP contribution >= 0.6 is 0 Å². The highest BCUT2D eigenvalue weighted by atomic mass is 16.5. The Morgan fingerprint density at radius 3 is 2.60 bits per heavy atom. The van der Waals surface area contributed by atoms with Crippen molar-refractivity contribution in [3.05, 3.63) is 18.2 Å². The molecule has 2 N–H and O–H groups in total. The van der Waals surface area contributed by atoms with Gasteiger partial charge in [-0.05, 0) is 57.6 Å². The molecule has 2 atom stereocenters. The van der Waals surface area contributed by atoms with Crippen LogP contribution in [0.3, 0.4) is 0 Å². The van der Waals surface area contributed by atoms with Gasteiger partial charge < -0.3 is 15.2 Å². The third kappa shape index (κ3) is 3.59. The maximum absolute atomic E-state index is 6.21. The fourth-order valence-corrected chi connectivity index (χ4v) is 2.94. The summed E-state index contributed by atoms with van der Waals surface area (Å²) in [6, 6.07) is 5.80. The lowest BCUT2D eigenvalue weighted by Crippen LogP contribution is -2.30. The monoisotopic (exact) mass is 277 g/mol. The van der Waals surface area contributed by atoms with Gasteiger partial charge in [0, 0.05) is 0 Å². The number of nitrogen functional groups attached to an aromatic ring is 1. The number of ether oxygens (including phenoxy) is 2. The van der Waals surface area contributed by atoms with Gasteiger partial charge in [-0.1, -0.05) is 19.4 Å². The van der Waals surface area contributed by atoms with E-state index in [0.717, 1.165) is 17.9 Å². The van der Waals surface area contributed by atoms with Gasteiger partial charge in [-0.25, -0.2) is 0 Å². The number of hydrogen-bond acceptors (Lipinski definition) is 3. The Bertz CT molecular complexity index is 431. The SMILES string of the molecule is CCC1CCCCC1Oc1cccc(OC(C)C)c1N. The van der Waals surface area contributed by atoms with Gasteiger partial charge >= 0.3 is 0 Å². The molecule has 0 amide bonds. The van der Waals surface area contributed by atoms with Crippen LogP contribution in [-0.4, -0.2) is 12.2 Å². The first-order valence-corrected chi connectivity index (χ1v) is 7.83. The third-order valence-electron chi connectivity index (χ3n) is 4.03. The highest BCUT2D eigenvalue weighted by Crippen LogP contribution is 2.36. The number of para-hydroxylation sites is 1. The van der Waals surface area contributed by atoms with Crippen molar-refractivity contribution in [2.75, 3.05) is 5.73 Å². The summed E-state index contributed by atoms with van der Waals surface area (Å²) in [4.78, 5) is 0. The quantitative estimate of drug-likeness (QED) is 0.811. The zero-order chi connectivity index (χ0) is 14.5. The van der Waals surface area contributed by atoms with E-state index in [9.17, 15) is 0 Å². The molecule has 1 aromatic rings. The molecule has 3 heteroatoms. The van der Waals surface area contributed by atoms with E-state index in [0.29, 0.717) is 17.7 Å². The van der Waals surface area contributed by atoms with Gasteiger partial charge in [0.05, 0.1) is 6.10 Å². The summed E-state index contributed by atoms with van der Waals surface area (Å²) < 4.78 is 11.9. The molecule has 1 fully saturated rings. The van der Waals surface area contributed by atoms with Crippen LogP contribution in [0.4, 0.5) is 5.69 Å². The van der Waals surface area contributed by atoms with Crippen LogP contribution in [0.2, 0.25) is 0 Å². The van der Waals surface area contributed by atoms with Crippen LogP contribution in [-0.2, 0) is 0 Å². The van der Waals surface area contributed by atoms with E-state index in [1.165, 1.54) is 25.7 Å². The summed E-state index contributed by atoms with van der Waals surface area (Å²) in [5.41, 5.74) is 6.81. The van der Waals surface area contributed by atoms with Crippen molar-refractivity contribution in [1.29, 1.82) is 0 Å². The zero-order valence-corrected chi connectivity index (χ0v) is 12.9. The average molecular weight is 277 g/mol. The molecule has 3 nitrogen and oxygen atoms in total. The molecule has 0 spiro atoms. The maximum atomic E-state index is 6.21. The minimum Gasteiger partial charge on any atom is -0.489 e. The molecule has 112 valence electrons. The van der Waals surface area contributed by atoms with Crippen molar-refractivity contribution in [3.8, 4) is 11.5 Å². The molecule has 0 heterocycles. The minimum absolute atomic E-state index is 0.116. The van der Waals surface area contributed by atoms with Crippen LogP contribution < -0.4 is 15.2 Å². The Hall–Kier alpha value is -1.38. The number of benzene rings is 1. The van der Waals surface area contributed by atoms with Gasteiger partial charge in [0.1, 0.15) is 23.3 Å². The lowest BCUT2D eigenvalue weighted by Gasteiger charge is -2.31. The molecule has 1 aliphatic rings. The van der Waals surface area contributed by atoms with E-state index < -0.39 is 0 Å². The number of anilines is 1. The highest BCUT2D eigenvalue weighted by molar-refractivity contribution is 5.62. The van der Waals surface area contributed by atoms with Crippen LogP contribution in [0.15, 0.2) is 18.2 Å². The number of rotatable bonds is 5. The van der Waals surface area contributed by atoms with E-state index in [-0.39, 0.29) is 6.10 Å². The Morgan fingerprint density at radius 2 is 1.90 bits per heavy atom. The Balaban J connectivity index is 2.12. The Morgan fingerprint density at radius 1 is 1.20 bits per heavy atom. The topological polar surface area (TPSA) is 44.5 Å². The molecule has 0 saturated heterocycles. The molecule has 1 aromatic carbocycles. The largest absolute Gasteiger partial charge is 0.489 e. The van der Waals surface area contributed by atoms with Gasteiger partial charge in [-0.2, -0.15) is 0 Å². The highest BCUT2D eigenvalue weighted by Gasteiger charge is 2.26. The molecule has 0 aromatic heterocycles. The van der Waals surface area contributed by atoms with E-state index in [4.69, 9.17) is 15.2 Å². The summed E-state index contributed by atoms with van der Waals surface area (Å²) >= 11 is 0. The smallest absolute Gasteiger partial charge is 0.146 e. The van der Waals surface area contributed by atoms with E-state index in [1.54, 1.807) is 0 Å². The predicted molar refractivity (Wildman–Crippen MR) is 83.3 cm³/mol. The van der Waals surface area contributed by atoms with E-state index >= 15 is 0 Å². The Kier molecular flexibility index (Phi) is 5.16. The number of hydrogen-bond donors (Lipinski definition) is 1. The molecule has 0 bridgehead atoms. The van der Waals surface area contributed by atoms with E-state index in [2.05, 4.69) is 6.92 Å². The van der Waals surface area contributed by atoms with Gasteiger partial charge in [0.15, 0.2) is 0 Å². The lowest BCUT2D eigenvalue weighted by atomic mass is 9.85. The first-order valence-electron chi connectivity index (χ1n) is 7.83. The summed E-state index contributed by atoms with van der Waals surface area (Å²) in [6.45, 7) is 6.25. The summed E-state index contributed by atoms with van der Waals surface area (Å²) in [6.07, 6.45) is 6.56. The molecular weight excluding hydrogens is 250 g/mol. The summed E-state index contributed by atoms with van der Waals surface area (Å²) in [5, 5.41) is 0. The summed E-state index contributed by atoms with van der Waals surface area (Å²) in [7, 11) is 0. The zero-order valence-electron chi connectivity index (χ0n) is 12.9. The van der Waals surface area contributed by atoms with Crippen LogP contribution in [0.25, 0.3) is 0 Å². The molecule has 0 radical (unpaired) electrons. The van der Waals surface area contributed by atoms with Crippen molar-refractivity contribution in [1.82, 2.24) is 0 Å². The second kappa shape index (κ2) is 6.87. The second-order valence-corrected chi connectivity index (χ2v) is 5.94. The third-order valence-corrected chi connectivity index (χ3v) is 4.03. The Labute approximate surface area is 122 Å². The standard InChI is InChI=1S/C17H27NO2/c1-4-13-8-5-6-9-14(13)20-16-11-7-10-15(17(16)18)19-12(2)3/h7,10-14H,4-6,8-9,18H2,1-3H3. The van der Waals surface area contributed by atoms with Crippen molar-refractivity contribution in [2.45, 2.75) is 65.1 Å². The minimum atomic E-state index is 0.116. The molecule has 2 rings (SSSR count). The van der Waals surface area contributed by atoms with Gasteiger partial charge in [0.25, 0.3) is 0 Å². The van der Waals surface area contributed by atoms with Crippen LogP contribution in [0.1, 0.15) is 52.9 Å². The molecule has 1 aliphatic carbocycles. The van der Waals surface area contributed by atoms with Gasteiger partial charge in [0.2, 0.25) is 0 Å². The van der Waals surface area contributed by atoms with Crippen molar-refractivity contribution in [2.24, 2.45) is 5.92 Å².